The van der Waals surface area contributed by atoms with Crippen molar-refractivity contribution in [1.29, 1.82) is 0 Å². The lowest BCUT2D eigenvalue weighted by molar-refractivity contribution is -0.142. The standard InChI is InChI=1S/C15H21N5O2/c1-11(2)12-9-13(22-18-12)15(21)20-7-5-19(6-8-20)14-10-16-3-4-17-14/h3-4,10-11,13H,5-9H2,1-2H3/t13-/m0/s1. The zero-order chi connectivity index (χ0) is 15.5. The molecule has 0 bridgehead atoms. The van der Waals surface area contributed by atoms with Crippen molar-refractivity contribution in [3.05, 3.63) is 18.6 Å². The Morgan fingerprint density at radius 1 is 1.27 bits per heavy atom. The van der Waals surface area contributed by atoms with Gasteiger partial charge in [0.15, 0.2) is 0 Å². The lowest BCUT2D eigenvalue weighted by atomic mass is 10.0. The molecule has 3 heterocycles. The summed E-state index contributed by atoms with van der Waals surface area (Å²) in [6.07, 6.45) is 5.26. The molecule has 7 heteroatoms. The van der Waals surface area contributed by atoms with E-state index in [4.69, 9.17) is 4.84 Å². The highest BCUT2D eigenvalue weighted by molar-refractivity contribution is 5.93. The molecule has 0 N–H and O–H groups in total. The SMILES string of the molecule is CC(C)C1=NO[C@H](C(=O)N2CCN(c3cnccn3)CC2)C1. The fraction of sp³-hybridized carbons (Fsp3) is 0.600. The average Bonchev–Trinajstić information content (AvgIpc) is 3.05. The average molecular weight is 303 g/mol. The van der Waals surface area contributed by atoms with Gasteiger partial charge in [-0.15, -0.1) is 0 Å². The molecule has 2 aliphatic heterocycles. The molecule has 0 aliphatic carbocycles. The highest BCUT2D eigenvalue weighted by Crippen LogP contribution is 2.19. The fourth-order valence-electron chi connectivity index (χ4n) is 2.68. The Balaban J connectivity index is 1.53. The van der Waals surface area contributed by atoms with Crippen molar-refractivity contribution < 1.29 is 9.63 Å². The summed E-state index contributed by atoms with van der Waals surface area (Å²) in [5, 5.41) is 4.04. The van der Waals surface area contributed by atoms with E-state index in [2.05, 4.69) is 33.9 Å². The second-order valence-corrected chi connectivity index (χ2v) is 5.91. The van der Waals surface area contributed by atoms with Crippen molar-refractivity contribution >= 4 is 17.4 Å². The number of amides is 1. The van der Waals surface area contributed by atoms with Crippen LogP contribution in [0.4, 0.5) is 5.82 Å². The predicted molar refractivity (Wildman–Crippen MR) is 82.6 cm³/mol. The molecule has 1 amide bonds. The van der Waals surface area contributed by atoms with E-state index in [1.165, 1.54) is 0 Å². The Labute approximate surface area is 130 Å². The first-order chi connectivity index (χ1) is 10.6. The molecular formula is C15H21N5O2. The first kappa shape index (κ1) is 14.7. The molecule has 118 valence electrons. The summed E-state index contributed by atoms with van der Waals surface area (Å²) in [6, 6.07) is 0. The van der Waals surface area contributed by atoms with Crippen molar-refractivity contribution in [3.63, 3.8) is 0 Å². The highest BCUT2D eigenvalue weighted by atomic mass is 16.6. The third-order valence-corrected chi connectivity index (χ3v) is 4.10. The molecule has 0 aromatic carbocycles. The monoisotopic (exact) mass is 303 g/mol. The van der Waals surface area contributed by atoms with E-state index < -0.39 is 6.10 Å². The smallest absolute Gasteiger partial charge is 0.267 e. The largest absolute Gasteiger partial charge is 0.382 e. The lowest BCUT2D eigenvalue weighted by Crippen LogP contribution is -2.51. The van der Waals surface area contributed by atoms with Crippen LogP contribution in [-0.4, -0.2) is 58.8 Å². The molecule has 0 unspecified atom stereocenters. The molecule has 1 fully saturated rings. The van der Waals surface area contributed by atoms with Crippen LogP contribution in [0.2, 0.25) is 0 Å². The van der Waals surface area contributed by atoms with Crippen molar-refractivity contribution in [2.45, 2.75) is 26.4 Å². The third-order valence-electron chi connectivity index (χ3n) is 4.10. The van der Waals surface area contributed by atoms with Crippen LogP contribution in [0.25, 0.3) is 0 Å². The van der Waals surface area contributed by atoms with Crippen LogP contribution in [0.1, 0.15) is 20.3 Å². The quantitative estimate of drug-likeness (QED) is 0.830. The number of carbonyl (C=O) groups is 1. The van der Waals surface area contributed by atoms with Crippen LogP contribution < -0.4 is 4.90 Å². The van der Waals surface area contributed by atoms with Crippen LogP contribution in [0.15, 0.2) is 23.7 Å². The number of anilines is 1. The number of hydrogen-bond donors (Lipinski definition) is 0. The van der Waals surface area contributed by atoms with Crippen LogP contribution in [0.3, 0.4) is 0 Å². The van der Waals surface area contributed by atoms with Gasteiger partial charge in [0.05, 0.1) is 11.9 Å². The first-order valence-electron chi connectivity index (χ1n) is 7.67. The van der Waals surface area contributed by atoms with Gasteiger partial charge in [0.1, 0.15) is 5.82 Å². The molecule has 1 aromatic heterocycles. The third kappa shape index (κ3) is 3.03. The molecule has 7 nitrogen and oxygen atoms in total. The van der Waals surface area contributed by atoms with Gasteiger partial charge in [0, 0.05) is 45.0 Å². The Kier molecular flexibility index (Phi) is 4.22. The Bertz CT molecular complexity index is 552. The van der Waals surface area contributed by atoms with Crippen molar-refractivity contribution in [3.8, 4) is 0 Å². The number of oxime groups is 1. The van der Waals surface area contributed by atoms with Gasteiger partial charge in [0.25, 0.3) is 5.91 Å². The van der Waals surface area contributed by atoms with Gasteiger partial charge in [-0.25, -0.2) is 4.98 Å². The summed E-state index contributed by atoms with van der Waals surface area (Å²) in [4.78, 5) is 30.2. The lowest BCUT2D eigenvalue weighted by Gasteiger charge is -2.35. The molecule has 2 aliphatic rings. The summed E-state index contributed by atoms with van der Waals surface area (Å²) in [6.45, 7) is 6.99. The molecule has 3 rings (SSSR count). The van der Waals surface area contributed by atoms with Gasteiger partial charge in [0.2, 0.25) is 6.10 Å². The van der Waals surface area contributed by atoms with E-state index >= 15 is 0 Å². The minimum absolute atomic E-state index is 0.0400. The maximum atomic E-state index is 12.5. The Morgan fingerprint density at radius 3 is 2.64 bits per heavy atom. The summed E-state index contributed by atoms with van der Waals surface area (Å²) in [5.41, 5.74) is 0.969. The van der Waals surface area contributed by atoms with Crippen molar-refractivity contribution in [1.82, 2.24) is 14.9 Å². The van der Waals surface area contributed by atoms with Gasteiger partial charge in [-0.1, -0.05) is 19.0 Å². The number of nitrogens with zero attached hydrogens (tertiary/aromatic N) is 5. The first-order valence-corrected chi connectivity index (χ1v) is 7.67. The molecule has 1 atom stereocenters. The fourth-order valence-corrected chi connectivity index (χ4v) is 2.68. The minimum atomic E-state index is -0.444. The van der Waals surface area contributed by atoms with Crippen molar-refractivity contribution in [2.75, 3.05) is 31.1 Å². The summed E-state index contributed by atoms with van der Waals surface area (Å²) in [7, 11) is 0. The Hall–Kier alpha value is -2.18. The maximum Gasteiger partial charge on any atom is 0.267 e. The summed E-state index contributed by atoms with van der Waals surface area (Å²) < 4.78 is 0. The number of aromatic nitrogens is 2. The van der Waals surface area contributed by atoms with E-state index in [0.717, 1.165) is 24.6 Å². The molecular weight excluding hydrogens is 282 g/mol. The molecule has 0 spiro atoms. The number of carbonyl (C=O) groups excluding carboxylic acids is 1. The number of hydrogen-bond acceptors (Lipinski definition) is 6. The van der Waals surface area contributed by atoms with E-state index in [0.29, 0.717) is 25.4 Å². The van der Waals surface area contributed by atoms with Gasteiger partial charge in [-0.3, -0.25) is 9.78 Å². The van der Waals surface area contributed by atoms with E-state index in [9.17, 15) is 4.79 Å². The summed E-state index contributed by atoms with van der Waals surface area (Å²) >= 11 is 0. The van der Waals surface area contributed by atoms with E-state index in [1.54, 1.807) is 18.6 Å². The molecule has 1 aromatic rings. The van der Waals surface area contributed by atoms with Crippen molar-refractivity contribution in [2.24, 2.45) is 11.1 Å². The number of rotatable bonds is 3. The van der Waals surface area contributed by atoms with Gasteiger partial charge >= 0.3 is 0 Å². The second kappa shape index (κ2) is 6.29. The Morgan fingerprint density at radius 2 is 2.05 bits per heavy atom. The zero-order valence-electron chi connectivity index (χ0n) is 13.0. The molecule has 1 saturated heterocycles. The van der Waals surface area contributed by atoms with Gasteiger partial charge in [-0.2, -0.15) is 0 Å². The van der Waals surface area contributed by atoms with E-state index in [1.807, 2.05) is 4.90 Å². The molecule has 0 radical (unpaired) electrons. The number of piperazine rings is 1. The highest BCUT2D eigenvalue weighted by Gasteiger charge is 2.34. The van der Waals surface area contributed by atoms with E-state index in [-0.39, 0.29) is 5.91 Å². The van der Waals surface area contributed by atoms with Crippen LogP contribution in [0, 0.1) is 5.92 Å². The topological polar surface area (TPSA) is 70.9 Å². The van der Waals surface area contributed by atoms with Gasteiger partial charge < -0.3 is 14.6 Å². The normalized spacial score (nSPS) is 21.8. The minimum Gasteiger partial charge on any atom is -0.382 e. The summed E-state index contributed by atoms with van der Waals surface area (Å²) in [5.74, 6) is 1.22. The molecule has 0 saturated carbocycles. The molecule has 22 heavy (non-hydrogen) atoms. The maximum absolute atomic E-state index is 12.5. The second-order valence-electron chi connectivity index (χ2n) is 5.91. The van der Waals surface area contributed by atoms with Crippen LogP contribution in [-0.2, 0) is 9.63 Å². The van der Waals surface area contributed by atoms with Crippen LogP contribution >= 0.6 is 0 Å². The zero-order valence-corrected chi connectivity index (χ0v) is 13.0. The van der Waals surface area contributed by atoms with Crippen LogP contribution in [0.5, 0.6) is 0 Å². The van der Waals surface area contributed by atoms with Gasteiger partial charge in [-0.05, 0) is 5.92 Å². The predicted octanol–water partition coefficient (Wildman–Crippen LogP) is 0.926.